The first-order valence-corrected chi connectivity index (χ1v) is 10.3. The Balaban J connectivity index is 1.49. The second-order valence-electron chi connectivity index (χ2n) is 7.06. The minimum Gasteiger partial charge on any atom is -0.475 e. The van der Waals surface area contributed by atoms with Crippen LogP contribution in [0.3, 0.4) is 0 Å². The van der Waals surface area contributed by atoms with Crippen LogP contribution in [0.25, 0.3) is 0 Å². The summed E-state index contributed by atoms with van der Waals surface area (Å²) in [4.78, 5) is 14.8. The van der Waals surface area contributed by atoms with Crippen molar-refractivity contribution in [1.82, 2.24) is 20.6 Å². The molecular weight excluding hydrogens is 409 g/mol. The molecule has 10 heteroatoms. The summed E-state index contributed by atoms with van der Waals surface area (Å²) in [6, 6.07) is 8.33. The van der Waals surface area contributed by atoms with Gasteiger partial charge in [-0.25, -0.2) is 15.0 Å². The van der Waals surface area contributed by atoms with Crippen LogP contribution in [-0.4, -0.2) is 54.8 Å². The number of hydrogen-bond donors (Lipinski definition) is 2. The fourth-order valence-electron chi connectivity index (χ4n) is 3.33. The number of nitrogens with zero attached hydrogens (tertiary/aromatic N) is 4. The van der Waals surface area contributed by atoms with Gasteiger partial charge in [0.05, 0.1) is 6.54 Å². The van der Waals surface area contributed by atoms with Gasteiger partial charge in [0.1, 0.15) is 18.0 Å². The van der Waals surface area contributed by atoms with E-state index in [1.54, 1.807) is 6.20 Å². The van der Waals surface area contributed by atoms with Gasteiger partial charge in [-0.1, -0.05) is 6.07 Å². The lowest BCUT2D eigenvalue weighted by molar-refractivity contribution is -0.139. The van der Waals surface area contributed by atoms with Crippen LogP contribution in [-0.2, 0) is 6.18 Å². The molecule has 2 N–H and O–H groups in total. The van der Waals surface area contributed by atoms with Gasteiger partial charge in [-0.05, 0) is 44.0 Å². The number of anilines is 1. The average Bonchev–Trinajstić information content (AvgIpc) is 2.77. The molecule has 2 aromatic rings. The number of pyridine rings is 2. The first-order valence-electron chi connectivity index (χ1n) is 10.3. The van der Waals surface area contributed by atoms with E-state index in [1.807, 2.05) is 25.1 Å². The number of rotatable bonds is 7. The fourth-order valence-corrected chi connectivity index (χ4v) is 3.33. The minimum absolute atomic E-state index is 0.00517. The summed E-state index contributed by atoms with van der Waals surface area (Å²) in [5, 5.41) is 6.57. The molecule has 0 bridgehead atoms. The van der Waals surface area contributed by atoms with Crippen molar-refractivity contribution in [3.05, 3.63) is 48.3 Å². The van der Waals surface area contributed by atoms with E-state index in [0.29, 0.717) is 12.5 Å². The summed E-state index contributed by atoms with van der Waals surface area (Å²) in [5.74, 6) is 1.18. The summed E-state index contributed by atoms with van der Waals surface area (Å²) in [7, 11) is 0. The number of alkyl halides is 3. The van der Waals surface area contributed by atoms with Gasteiger partial charge in [-0.2, -0.15) is 13.2 Å². The number of hydrogen-bond acceptors (Lipinski definition) is 5. The lowest BCUT2D eigenvalue weighted by atomic mass is 10.1. The highest BCUT2D eigenvalue weighted by molar-refractivity contribution is 5.80. The zero-order valence-electron chi connectivity index (χ0n) is 17.4. The van der Waals surface area contributed by atoms with Crippen LogP contribution >= 0.6 is 0 Å². The molecule has 1 aliphatic heterocycles. The SMILES string of the molecule is CCNC(=NCCOc1ncccc1C(F)(F)F)NC1CCN(c2ccccn2)CC1. The van der Waals surface area contributed by atoms with Crippen molar-refractivity contribution in [2.24, 2.45) is 4.99 Å². The fraction of sp³-hybridized carbons (Fsp3) is 0.476. The minimum atomic E-state index is -4.51. The summed E-state index contributed by atoms with van der Waals surface area (Å²) in [6.45, 7) is 4.61. The van der Waals surface area contributed by atoms with E-state index in [4.69, 9.17) is 4.74 Å². The molecule has 3 rings (SSSR count). The van der Waals surface area contributed by atoms with Crippen molar-refractivity contribution < 1.29 is 17.9 Å². The summed E-state index contributed by atoms with van der Waals surface area (Å²) < 4.78 is 44.3. The molecule has 2 aromatic heterocycles. The maximum absolute atomic E-state index is 13.0. The summed E-state index contributed by atoms with van der Waals surface area (Å²) in [6.07, 6.45) is 0.422. The lowest BCUT2D eigenvalue weighted by Crippen LogP contribution is -2.49. The molecule has 0 aromatic carbocycles. The molecular formula is C21H27F3N6O. The molecule has 1 aliphatic rings. The van der Waals surface area contributed by atoms with Crippen LogP contribution in [0, 0.1) is 0 Å². The number of aliphatic imine (C=N–C) groups is 1. The highest BCUT2D eigenvalue weighted by Crippen LogP contribution is 2.34. The Hall–Kier alpha value is -3.04. The Morgan fingerprint density at radius 1 is 1.16 bits per heavy atom. The molecule has 0 unspecified atom stereocenters. The molecule has 0 aliphatic carbocycles. The van der Waals surface area contributed by atoms with Crippen LogP contribution in [0.1, 0.15) is 25.3 Å². The molecule has 1 fully saturated rings. The highest BCUT2D eigenvalue weighted by Gasteiger charge is 2.35. The van der Waals surface area contributed by atoms with Gasteiger partial charge in [0.15, 0.2) is 5.96 Å². The van der Waals surface area contributed by atoms with Gasteiger partial charge >= 0.3 is 6.18 Å². The maximum atomic E-state index is 13.0. The van der Waals surface area contributed by atoms with Crippen molar-refractivity contribution in [2.45, 2.75) is 32.0 Å². The standard InChI is InChI=1S/C21H27F3N6O/c1-2-25-20(28-12-15-31-19-17(21(22,23)24)6-5-11-27-19)29-16-8-13-30(14-9-16)18-7-3-4-10-26-18/h3-7,10-11,16H,2,8-9,12-15H2,1H3,(H2,25,28,29). The molecule has 0 amide bonds. The Kier molecular flexibility index (Phi) is 7.91. The van der Waals surface area contributed by atoms with E-state index in [0.717, 1.165) is 37.8 Å². The first-order chi connectivity index (χ1) is 15.0. The predicted molar refractivity (Wildman–Crippen MR) is 113 cm³/mol. The van der Waals surface area contributed by atoms with Crippen LogP contribution in [0.15, 0.2) is 47.7 Å². The zero-order valence-corrected chi connectivity index (χ0v) is 17.4. The topological polar surface area (TPSA) is 74.7 Å². The van der Waals surface area contributed by atoms with Crippen LogP contribution in [0.4, 0.5) is 19.0 Å². The smallest absolute Gasteiger partial charge is 0.421 e. The number of aromatic nitrogens is 2. The quantitative estimate of drug-likeness (QED) is 0.395. The molecule has 3 heterocycles. The average molecular weight is 436 g/mol. The van der Waals surface area contributed by atoms with E-state index in [9.17, 15) is 13.2 Å². The Bertz CT molecular complexity index is 839. The third kappa shape index (κ3) is 6.73. The Labute approximate surface area is 179 Å². The number of guanidine groups is 1. The lowest BCUT2D eigenvalue weighted by Gasteiger charge is -2.33. The van der Waals surface area contributed by atoms with Crippen molar-refractivity contribution in [3.8, 4) is 5.88 Å². The number of piperidine rings is 1. The van der Waals surface area contributed by atoms with Gasteiger partial charge in [0, 0.05) is 38.1 Å². The normalized spacial score (nSPS) is 15.6. The van der Waals surface area contributed by atoms with Crippen LogP contribution in [0.2, 0.25) is 0 Å². The van der Waals surface area contributed by atoms with Gasteiger partial charge in [0.2, 0.25) is 5.88 Å². The van der Waals surface area contributed by atoms with E-state index < -0.39 is 17.6 Å². The molecule has 1 saturated heterocycles. The molecule has 0 atom stereocenters. The van der Waals surface area contributed by atoms with Crippen molar-refractivity contribution in [3.63, 3.8) is 0 Å². The Morgan fingerprint density at radius 2 is 1.94 bits per heavy atom. The highest BCUT2D eigenvalue weighted by atomic mass is 19.4. The number of halogens is 3. The summed E-state index contributed by atoms with van der Waals surface area (Å²) in [5.41, 5.74) is -0.885. The maximum Gasteiger partial charge on any atom is 0.421 e. The third-order valence-corrected chi connectivity index (χ3v) is 4.83. The van der Waals surface area contributed by atoms with Gasteiger partial charge in [0.25, 0.3) is 0 Å². The van der Waals surface area contributed by atoms with E-state index in [-0.39, 0.29) is 19.2 Å². The number of nitrogens with one attached hydrogen (secondary N) is 2. The van der Waals surface area contributed by atoms with Crippen molar-refractivity contribution in [2.75, 3.05) is 37.7 Å². The van der Waals surface area contributed by atoms with Crippen molar-refractivity contribution >= 4 is 11.8 Å². The monoisotopic (exact) mass is 436 g/mol. The first kappa shape index (κ1) is 22.6. The molecule has 168 valence electrons. The van der Waals surface area contributed by atoms with Crippen LogP contribution in [0.5, 0.6) is 5.88 Å². The van der Waals surface area contributed by atoms with Gasteiger partial charge in [-0.3, -0.25) is 0 Å². The second kappa shape index (κ2) is 10.8. The Morgan fingerprint density at radius 3 is 2.61 bits per heavy atom. The molecule has 0 radical (unpaired) electrons. The third-order valence-electron chi connectivity index (χ3n) is 4.83. The van der Waals surface area contributed by atoms with Gasteiger partial charge in [-0.15, -0.1) is 0 Å². The zero-order chi connectivity index (χ0) is 22.1. The van der Waals surface area contributed by atoms with Crippen LogP contribution < -0.4 is 20.3 Å². The predicted octanol–water partition coefficient (Wildman–Crippen LogP) is 3.10. The molecule has 31 heavy (non-hydrogen) atoms. The van der Waals surface area contributed by atoms with E-state index in [1.165, 1.54) is 12.3 Å². The molecule has 0 saturated carbocycles. The largest absolute Gasteiger partial charge is 0.475 e. The number of ether oxygens (including phenoxy) is 1. The molecule has 7 nitrogen and oxygen atoms in total. The van der Waals surface area contributed by atoms with E-state index in [2.05, 4.69) is 30.5 Å². The van der Waals surface area contributed by atoms with Crippen molar-refractivity contribution in [1.29, 1.82) is 0 Å². The summed E-state index contributed by atoms with van der Waals surface area (Å²) >= 11 is 0. The van der Waals surface area contributed by atoms with E-state index >= 15 is 0 Å². The van der Waals surface area contributed by atoms with Gasteiger partial charge < -0.3 is 20.3 Å². The second-order valence-corrected chi connectivity index (χ2v) is 7.06. The molecule has 0 spiro atoms.